The van der Waals surface area contributed by atoms with Crippen molar-refractivity contribution in [2.75, 3.05) is 19.6 Å². The second-order valence-corrected chi connectivity index (χ2v) is 6.85. The van der Waals surface area contributed by atoms with Crippen LogP contribution in [0.4, 0.5) is 0 Å². The van der Waals surface area contributed by atoms with Gasteiger partial charge >= 0.3 is 0 Å². The van der Waals surface area contributed by atoms with E-state index in [1.165, 1.54) is 32.1 Å². The molecule has 1 aliphatic heterocycles. The average Bonchev–Trinajstić information content (AvgIpc) is 3.24. The predicted octanol–water partition coefficient (Wildman–Crippen LogP) is 2.80. The maximum atomic E-state index is 12.9. The van der Waals surface area contributed by atoms with Crippen LogP contribution in [0.1, 0.15) is 59.3 Å². The molecule has 2 aliphatic rings. The summed E-state index contributed by atoms with van der Waals surface area (Å²) in [5, 5.41) is 3.45. The third-order valence-electron chi connectivity index (χ3n) is 4.87. The monoisotopic (exact) mass is 266 g/mol. The van der Waals surface area contributed by atoms with E-state index in [0.29, 0.717) is 17.9 Å². The lowest BCUT2D eigenvalue weighted by Gasteiger charge is -2.39. The zero-order chi connectivity index (χ0) is 13.9. The first-order chi connectivity index (χ1) is 9.07. The standard InChI is InChI=1S/C16H30N2O/c1-4-5-11-18(14-8-9-14)15(19)16(2,3)13-7-6-10-17-12-13/h13-14,17H,4-12H2,1-3H3. The molecule has 3 nitrogen and oxygen atoms in total. The molecule has 1 atom stereocenters. The summed E-state index contributed by atoms with van der Waals surface area (Å²) < 4.78 is 0. The van der Waals surface area contributed by atoms with E-state index >= 15 is 0 Å². The minimum absolute atomic E-state index is 0.205. The first-order valence-electron chi connectivity index (χ1n) is 8.09. The van der Waals surface area contributed by atoms with Crippen LogP contribution < -0.4 is 5.32 Å². The summed E-state index contributed by atoms with van der Waals surface area (Å²) >= 11 is 0. The molecule has 1 saturated carbocycles. The molecule has 0 radical (unpaired) electrons. The Balaban J connectivity index is 2.01. The largest absolute Gasteiger partial charge is 0.339 e. The molecule has 1 unspecified atom stereocenters. The molecule has 19 heavy (non-hydrogen) atoms. The van der Waals surface area contributed by atoms with Gasteiger partial charge in [-0.1, -0.05) is 27.2 Å². The second kappa shape index (κ2) is 6.25. The van der Waals surface area contributed by atoms with Crippen LogP contribution in [0.5, 0.6) is 0 Å². The van der Waals surface area contributed by atoms with Gasteiger partial charge in [0.2, 0.25) is 5.91 Å². The van der Waals surface area contributed by atoms with Crippen LogP contribution in [-0.2, 0) is 4.79 Å². The van der Waals surface area contributed by atoms with Gasteiger partial charge < -0.3 is 10.2 Å². The van der Waals surface area contributed by atoms with Gasteiger partial charge in [-0.05, 0) is 51.1 Å². The normalized spacial score (nSPS) is 24.3. The van der Waals surface area contributed by atoms with Crippen molar-refractivity contribution >= 4 is 5.91 Å². The van der Waals surface area contributed by atoms with Crippen LogP contribution in [-0.4, -0.2) is 36.5 Å². The van der Waals surface area contributed by atoms with E-state index in [2.05, 4.69) is 31.0 Å². The number of nitrogens with one attached hydrogen (secondary N) is 1. The summed E-state index contributed by atoms with van der Waals surface area (Å²) in [7, 11) is 0. The van der Waals surface area contributed by atoms with Crippen molar-refractivity contribution < 1.29 is 4.79 Å². The molecule has 1 saturated heterocycles. The topological polar surface area (TPSA) is 32.3 Å². The van der Waals surface area contributed by atoms with Crippen LogP contribution in [0.3, 0.4) is 0 Å². The zero-order valence-electron chi connectivity index (χ0n) is 12.9. The van der Waals surface area contributed by atoms with Crippen LogP contribution in [0.25, 0.3) is 0 Å². The summed E-state index contributed by atoms with van der Waals surface area (Å²) in [6.07, 6.45) is 7.14. The van der Waals surface area contributed by atoms with E-state index < -0.39 is 0 Å². The Hall–Kier alpha value is -0.570. The number of hydrogen-bond acceptors (Lipinski definition) is 2. The van der Waals surface area contributed by atoms with Gasteiger partial charge in [0.25, 0.3) is 0 Å². The summed E-state index contributed by atoms with van der Waals surface area (Å²) in [5.74, 6) is 0.897. The van der Waals surface area contributed by atoms with Gasteiger partial charge in [0.05, 0.1) is 0 Å². The quantitative estimate of drug-likeness (QED) is 0.802. The number of nitrogens with zero attached hydrogens (tertiary/aromatic N) is 1. The maximum absolute atomic E-state index is 12.9. The smallest absolute Gasteiger partial charge is 0.228 e. The molecule has 1 aliphatic carbocycles. The molecule has 1 N–H and O–H groups in total. The van der Waals surface area contributed by atoms with E-state index in [1.807, 2.05) is 0 Å². The van der Waals surface area contributed by atoms with Crippen LogP contribution in [0, 0.1) is 11.3 Å². The third-order valence-corrected chi connectivity index (χ3v) is 4.87. The van der Waals surface area contributed by atoms with Crippen molar-refractivity contribution in [2.24, 2.45) is 11.3 Å². The van der Waals surface area contributed by atoms with Gasteiger partial charge in [-0.25, -0.2) is 0 Å². The van der Waals surface area contributed by atoms with Gasteiger partial charge in [-0.2, -0.15) is 0 Å². The fourth-order valence-corrected chi connectivity index (χ4v) is 3.18. The number of unbranched alkanes of at least 4 members (excludes halogenated alkanes) is 1. The van der Waals surface area contributed by atoms with Crippen molar-refractivity contribution in [3.63, 3.8) is 0 Å². The molecule has 3 heteroatoms. The number of carbonyl (C=O) groups excluding carboxylic acids is 1. The fourth-order valence-electron chi connectivity index (χ4n) is 3.18. The zero-order valence-corrected chi connectivity index (χ0v) is 12.9. The van der Waals surface area contributed by atoms with E-state index in [0.717, 1.165) is 26.1 Å². The number of rotatable bonds is 6. The van der Waals surface area contributed by atoms with Crippen molar-refractivity contribution in [3.05, 3.63) is 0 Å². The molecular weight excluding hydrogens is 236 g/mol. The molecule has 1 amide bonds. The Bertz CT molecular complexity index is 304. The molecule has 2 rings (SSSR count). The van der Waals surface area contributed by atoms with Crippen molar-refractivity contribution in [3.8, 4) is 0 Å². The highest BCUT2D eigenvalue weighted by Gasteiger charge is 2.43. The lowest BCUT2D eigenvalue weighted by Crippen LogP contribution is -2.49. The highest BCUT2D eigenvalue weighted by atomic mass is 16.2. The van der Waals surface area contributed by atoms with E-state index in [4.69, 9.17) is 0 Å². The summed E-state index contributed by atoms with van der Waals surface area (Å²) in [6, 6.07) is 0.551. The van der Waals surface area contributed by atoms with Gasteiger partial charge in [0.1, 0.15) is 0 Å². The van der Waals surface area contributed by atoms with Crippen molar-refractivity contribution in [1.82, 2.24) is 10.2 Å². The number of piperidine rings is 1. The predicted molar refractivity (Wildman–Crippen MR) is 79.0 cm³/mol. The second-order valence-electron chi connectivity index (χ2n) is 6.85. The summed E-state index contributed by atoms with van der Waals surface area (Å²) in [6.45, 7) is 9.60. The lowest BCUT2D eigenvalue weighted by molar-refractivity contribution is -0.144. The molecule has 0 aromatic carbocycles. The molecule has 110 valence electrons. The number of amides is 1. The summed E-state index contributed by atoms with van der Waals surface area (Å²) in [4.78, 5) is 15.1. The first-order valence-corrected chi connectivity index (χ1v) is 8.09. The van der Waals surface area contributed by atoms with Gasteiger partial charge in [-0.15, -0.1) is 0 Å². The molecule has 0 bridgehead atoms. The van der Waals surface area contributed by atoms with Crippen LogP contribution in [0.15, 0.2) is 0 Å². The van der Waals surface area contributed by atoms with Gasteiger partial charge in [0.15, 0.2) is 0 Å². The molecule has 1 heterocycles. The highest BCUT2D eigenvalue weighted by Crippen LogP contribution is 2.37. The Morgan fingerprint density at radius 1 is 1.32 bits per heavy atom. The SMILES string of the molecule is CCCCN(C(=O)C(C)(C)C1CCCNC1)C1CC1. The van der Waals surface area contributed by atoms with E-state index in [1.54, 1.807) is 0 Å². The molecule has 0 aromatic heterocycles. The van der Waals surface area contributed by atoms with Crippen LogP contribution >= 0.6 is 0 Å². The summed E-state index contributed by atoms with van der Waals surface area (Å²) in [5.41, 5.74) is -0.205. The first kappa shape index (κ1) is 14.8. The molecule has 0 spiro atoms. The Morgan fingerprint density at radius 3 is 2.58 bits per heavy atom. The van der Waals surface area contributed by atoms with E-state index in [9.17, 15) is 4.79 Å². The average molecular weight is 266 g/mol. The molecule has 0 aromatic rings. The molecule has 2 fully saturated rings. The lowest BCUT2D eigenvalue weighted by atomic mass is 9.74. The van der Waals surface area contributed by atoms with Gasteiger partial charge in [-0.3, -0.25) is 4.79 Å². The van der Waals surface area contributed by atoms with Crippen molar-refractivity contribution in [1.29, 1.82) is 0 Å². The Labute approximate surface area is 118 Å². The molecular formula is C16H30N2O. The Kier molecular flexibility index (Phi) is 4.88. The third kappa shape index (κ3) is 3.50. The number of hydrogen-bond donors (Lipinski definition) is 1. The van der Waals surface area contributed by atoms with E-state index in [-0.39, 0.29) is 5.41 Å². The van der Waals surface area contributed by atoms with Crippen molar-refractivity contribution in [2.45, 2.75) is 65.3 Å². The Morgan fingerprint density at radius 2 is 2.05 bits per heavy atom. The number of carbonyl (C=O) groups is 1. The van der Waals surface area contributed by atoms with Crippen LogP contribution in [0.2, 0.25) is 0 Å². The minimum atomic E-state index is -0.205. The highest BCUT2D eigenvalue weighted by molar-refractivity contribution is 5.83. The maximum Gasteiger partial charge on any atom is 0.228 e. The van der Waals surface area contributed by atoms with Gasteiger partial charge in [0, 0.05) is 18.0 Å². The fraction of sp³-hybridized carbons (Fsp3) is 0.938. The minimum Gasteiger partial charge on any atom is -0.339 e.